The summed E-state index contributed by atoms with van der Waals surface area (Å²) in [4.78, 5) is 2.48. The maximum Gasteiger partial charge on any atom is 0.0701 e. The van der Waals surface area contributed by atoms with E-state index in [1.165, 1.54) is 35.0 Å². The van der Waals surface area contributed by atoms with E-state index in [4.69, 9.17) is 5.73 Å². The van der Waals surface area contributed by atoms with E-state index in [1.54, 1.807) is 11.3 Å². The first-order valence-corrected chi connectivity index (χ1v) is 8.37. The van der Waals surface area contributed by atoms with E-state index in [-0.39, 0.29) is 5.54 Å². The molecule has 0 aliphatic heterocycles. The second-order valence-corrected chi connectivity index (χ2v) is 8.04. The van der Waals surface area contributed by atoms with Gasteiger partial charge in [-0.05, 0) is 58.7 Å². The summed E-state index contributed by atoms with van der Waals surface area (Å²) in [6.07, 6.45) is 5.16. The van der Waals surface area contributed by atoms with Gasteiger partial charge < -0.3 is 5.73 Å². The van der Waals surface area contributed by atoms with Crippen molar-refractivity contribution in [3.63, 3.8) is 0 Å². The monoisotopic (exact) mass is 330 g/mol. The number of halogens is 1. The van der Waals surface area contributed by atoms with E-state index >= 15 is 0 Å². The molecule has 0 spiro atoms. The summed E-state index contributed by atoms with van der Waals surface area (Å²) in [6, 6.07) is 2.22. The topological polar surface area (TPSA) is 29.3 Å². The van der Waals surface area contributed by atoms with Gasteiger partial charge in [-0.2, -0.15) is 0 Å². The van der Waals surface area contributed by atoms with Crippen molar-refractivity contribution < 1.29 is 0 Å². The quantitative estimate of drug-likeness (QED) is 0.908. The van der Waals surface area contributed by atoms with E-state index in [0.29, 0.717) is 0 Å². The molecule has 0 amide bonds. The Hall–Kier alpha value is 0.100. The second kappa shape index (κ2) is 6.04. The van der Waals surface area contributed by atoms with E-state index in [1.807, 2.05) is 0 Å². The third-order valence-electron chi connectivity index (χ3n) is 4.30. The smallest absolute Gasteiger partial charge is 0.0701 e. The van der Waals surface area contributed by atoms with Crippen LogP contribution in [0.4, 0.5) is 0 Å². The van der Waals surface area contributed by atoms with Crippen molar-refractivity contribution in [2.24, 2.45) is 11.7 Å². The molecule has 2 rings (SSSR count). The number of thiophene rings is 1. The van der Waals surface area contributed by atoms with Crippen molar-refractivity contribution in [3.05, 3.63) is 20.8 Å². The van der Waals surface area contributed by atoms with Gasteiger partial charge in [0.15, 0.2) is 0 Å². The molecule has 1 fully saturated rings. The van der Waals surface area contributed by atoms with Gasteiger partial charge in [0.1, 0.15) is 0 Å². The number of nitrogens with two attached hydrogens (primary N) is 1. The van der Waals surface area contributed by atoms with Gasteiger partial charge in [-0.15, -0.1) is 11.3 Å². The molecule has 2 unspecified atom stereocenters. The van der Waals surface area contributed by atoms with Gasteiger partial charge in [0.05, 0.1) is 3.79 Å². The predicted octanol–water partition coefficient (Wildman–Crippen LogP) is 3.85. The molecule has 102 valence electrons. The summed E-state index contributed by atoms with van der Waals surface area (Å²) in [5, 5.41) is 2.23. The van der Waals surface area contributed by atoms with Crippen LogP contribution >= 0.6 is 27.3 Å². The average Bonchev–Trinajstić information content (AvgIpc) is 2.74. The SMILES string of the molecule is CC1CCCC(CN)(N(C)Cc2csc(Br)c2)C1. The minimum absolute atomic E-state index is 0.214. The Bertz CT molecular complexity index is 393. The Kier molecular flexibility index (Phi) is 4.86. The Morgan fingerprint density at radius 1 is 1.61 bits per heavy atom. The van der Waals surface area contributed by atoms with Crippen molar-refractivity contribution in [2.45, 2.75) is 44.7 Å². The molecular formula is C14H23BrN2S. The number of hydrogen-bond donors (Lipinski definition) is 1. The average molecular weight is 331 g/mol. The fourth-order valence-corrected chi connectivity index (χ4v) is 4.39. The Morgan fingerprint density at radius 2 is 2.39 bits per heavy atom. The largest absolute Gasteiger partial charge is 0.329 e. The number of nitrogens with zero attached hydrogens (tertiary/aromatic N) is 1. The second-order valence-electron chi connectivity index (χ2n) is 5.75. The number of likely N-dealkylation sites (N-methyl/N-ethyl adjacent to an activating group) is 1. The molecule has 0 bridgehead atoms. The van der Waals surface area contributed by atoms with Crippen molar-refractivity contribution in [1.29, 1.82) is 0 Å². The highest BCUT2D eigenvalue weighted by Crippen LogP contribution is 2.36. The highest BCUT2D eigenvalue weighted by molar-refractivity contribution is 9.11. The molecule has 1 aromatic heterocycles. The zero-order chi connectivity index (χ0) is 13.2. The van der Waals surface area contributed by atoms with E-state index in [9.17, 15) is 0 Å². The lowest BCUT2D eigenvalue weighted by molar-refractivity contribution is 0.0555. The van der Waals surface area contributed by atoms with Crippen LogP contribution in [0.25, 0.3) is 0 Å². The molecule has 2 nitrogen and oxygen atoms in total. The van der Waals surface area contributed by atoms with Crippen LogP contribution in [0.3, 0.4) is 0 Å². The lowest BCUT2D eigenvalue weighted by atomic mass is 9.75. The third kappa shape index (κ3) is 3.16. The van der Waals surface area contributed by atoms with Crippen LogP contribution in [0, 0.1) is 5.92 Å². The van der Waals surface area contributed by atoms with Crippen molar-refractivity contribution in [2.75, 3.05) is 13.6 Å². The lowest BCUT2D eigenvalue weighted by Crippen LogP contribution is -2.54. The number of hydrogen-bond acceptors (Lipinski definition) is 3. The molecule has 0 saturated heterocycles. The standard InChI is InChI=1S/C14H23BrN2S/c1-11-4-3-5-14(7-11,10-16)17(2)8-12-6-13(15)18-9-12/h6,9,11H,3-5,7-8,10,16H2,1-2H3. The fourth-order valence-electron chi connectivity index (χ4n) is 3.19. The van der Waals surface area contributed by atoms with Crippen LogP contribution in [0.2, 0.25) is 0 Å². The summed E-state index contributed by atoms with van der Waals surface area (Å²) in [7, 11) is 2.23. The van der Waals surface area contributed by atoms with Crippen molar-refractivity contribution >= 4 is 27.3 Å². The first-order valence-electron chi connectivity index (χ1n) is 6.70. The van der Waals surface area contributed by atoms with Crippen molar-refractivity contribution in [3.8, 4) is 0 Å². The normalized spacial score (nSPS) is 28.8. The molecular weight excluding hydrogens is 308 g/mol. The molecule has 1 saturated carbocycles. The van der Waals surface area contributed by atoms with Crippen LogP contribution in [-0.4, -0.2) is 24.0 Å². The Balaban J connectivity index is 2.07. The summed E-state index contributed by atoms with van der Waals surface area (Å²) in [5.74, 6) is 0.805. The molecule has 0 aromatic carbocycles. The molecule has 1 heterocycles. The van der Waals surface area contributed by atoms with Crippen LogP contribution < -0.4 is 5.73 Å². The molecule has 2 N–H and O–H groups in total. The molecule has 2 atom stereocenters. The van der Waals surface area contributed by atoms with Gasteiger partial charge in [-0.1, -0.05) is 19.8 Å². The third-order valence-corrected chi connectivity index (χ3v) is 5.85. The Labute approximate surface area is 123 Å². The molecule has 4 heteroatoms. The van der Waals surface area contributed by atoms with Gasteiger partial charge in [0, 0.05) is 18.6 Å². The van der Waals surface area contributed by atoms with Crippen molar-refractivity contribution in [1.82, 2.24) is 4.90 Å². The van der Waals surface area contributed by atoms with E-state index in [0.717, 1.165) is 19.0 Å². The van der Waals surface area contributed by atoms with Gasteiger partial charge >= 0.3 is 0 Å². The van der Waals surface area contributed by atoms with E-state index < -0.39 is 0 Å². The van der Waals surface area contributed by atoms with Gasteiger partial charge in [0.25, 0.3) is 0 Å². The van der Waals surface area contributed by atoms with Crippen LogP contribution in [0.5, 0.6) is 0 Å². The first kappa shape index (κ1) is 14.5. The maximum absolute atomic E-state index is 6.11. The Morgan fingerprint density at radius 3 is 2.94 bits per heavy atom. The highest BCUT2D eigenvalue weighted by Gasteiger charge is 2.37. The van der Waals surface area contributed by atoms with Crippen LogP contribution in [0.15, 0.2) is 15.2 Å². The highest BCUT2D eigenvalue weighted by atomic mass is 79.9. The van der Waals surface area contributed by atoms with E-state index in [2.05, 4.69) is 46.2 Å². The predicted molar refractivity (Wildman–Crippen MR) is 82.9 cm³/mol. The van der Waals surface area contributed by atoms with Crippen LogP contribution in [-0.2, 0) is 6.54 Å². The molecule has 1 aromatic rings. The molecule has 0 radical (unpaired) electrons. The fraction of sp³-hybridized carbons (Fsp3) is 0.714. The minimum atomic E-state index is 0.214. The summed E-state index contributed by atoms with van der Waals surface area (Å²) >= 11 is 5.29. The molecule has 18 heavy (non-hydrogen) atoms. The molecule has 1 aliphatic rings. The van der Waals surface area contributed by atoms with Gasteiger partial charge in [0.2, 0.25) is 0 Å². The van der Waals surface area contributed by atoms with Gasteiger partial charge in [-0.25, -0.2) is 0 Å². The van der Waals surface area contributed by atoms with Crippen LogP contribution in [0.1, 0.15) is 38.2 Å². The summed E-state index contributed by atoms with van der Waals surface area (Å²) < 4.78 is 1.21. The van der Waals surface area contributed by atoms with Gasteiger partial charge in [-0.3, -0.25) is 4.90 Å². The molecule has 1 aliphatic carbocycles. The minimum Gasteiger partial charge on any atom is -0.329 e. The summed E-state index contributed by atoms with van der Waals surface area (Å²) in [5.41, 5.74) is 7.72. The first-order chi connectivity index (χ1) is 8.55. The zero-order valence-corrected chi connectivity index (χ0v) is 13.7. The summed E-state index contributed by atoms with van der Waals surface area (Å²) in [6.45, 7) is 4.14. The lowest BCUT2D eigenvalue weighted by Gasteiger charge is -2.46. The maximum atomic E-state index is 6.11. The zero-order valence-electron chi connectivity index (χ0n) is 11.3. The number of rotatable bonds is 4.